The van der Waals surface area contributed by atoms with E-state index in [1.807, 2.05) is 24.3 Å². The van der Waals surface area contributed by atoms with Crippen molar-refractivity contribution in [3.05, 3.63) is 47.4 Å². The minimum Gasteiger partial charge on any atom is -0.497 e. The molecule has 6 nitrogen and oxygen atoms in total. The van der Waals surface area contributed by atoms with Crippen molar-refractivity contribution in [3.63, 3.8) is 0 Å². The third kappa shape index (κ3) is 2.29. The van der Waals surface area contributed by atoms with Crippen LogP contribution in [0.4, 0.5) is 5.95 Å². The first-order chi connectivity index (χ1) is 11.5. The van der Waals surface area contributed by atoms with Crippen LogP contribution in [0, 0.1) is 5.41 Å². The molecule has 0 fully saturated rings. The molecule has 2 aromatic rings. The van der Waals surface area contributed by atoms with Gasteiger partial charge < -0.3 is 10.1 Å². The van der Waals surface area contributed by atoms with Gasteiger partial charge in [0.2, 0.25) is 5.95 Å². The van der Waals surface area contributed by atoms with Crippen LogP contribution in [0.25, 0.3) is 0 Å². The summed E-state index contributed by atoms with van der Waals surface area (Å²) in [5, 5.41) is 7.66. The van der Waals surface area contributed by atoms with Crippen molar-refractivity contribution in [1.82, 2.24) is 14.8 Å². The van der Waals surface area contributed by atoms with Gasteiger partial charge >= 0.3 is 0 Å². The van der Waals surface area contributed by atoms with E-state index in [0.29, 0.717) is 12.4 Å². The fourth-order valence-electron chi connectivity index (χ4n) is 3.64. The van der Waals surface area contributed by atoms with E-state index < -0.39 is 0 Å². The minimum atomic E-state index is -0.242. The average Bonchev–Trinajstić information content (AvgIpc) is 3.00. The molecule has 0 saturated heterocycles. The summed E-state index contributed by atoms with van der Waals surface area (Å²) in [5.41, 5.74) is 2.73. The summed E-state index contributed by atoms with van der Waals surface area (Å²) in [6.07, 6.45) is 2.89. The van der Waals surface area contributed by atoms with Gasteiger partial charge in [0.15, 0.2) is 5.78 Å². The third-order valence-electron chi connectivity index (χ3n) is 4.71. The molecule has 4 rings (SSSR count). The number of aromatic nitrogens is 3. The highest BCUT2D eigenvalue weighted by molar-refractivity contribution is 6.00. The van der Waals surface area contributed by atoms with Crippen LogP contribution in [-0.2, 0) is 4.79 Å². The van der Waals surface area contributed by atoms with Gasteiger partial charge in [-0.05, 0) is 29.5 Å². The van der Waals surface area contributed by atoms with Gasteiger partial charge in [0.25, 0.3) is 0 Å². The second kappa shape index (κ2) is 5.19. The number of anilines is 1. The zero-order valence-corrected chi connectivity index (χ0v) is 14.0. The zero-order chi connectivity index (χ0) is 16.9. The van der Waals surface area contributed by atoms with Crippen molar-refractivity contribution in [3.8, 4) is 5.75 Å². The highest BCUT2D eigenvalue weighted by atomic mass is 16.5. The molecule has 0 spiro atoms. The number of ether oxygens (including phenoxy) is 1. The van der Waals surface area contributed by atoms with Crippen LogP contribution < -0.4 is 10.1 Å². The number of benzene rings is 1. The molecule has 24 heavy (non-hydrogen) atoms. The summed E-state index contributed by atoms with van der Waals surface area (Å²) >= 11 is 0. The Morgan fingerprint density at radius 3 is 2.71 bits per heavy atom. The lowest BCUT2D eigenvalue weighted by molar-refractivity contribution is -0.118. The Morgan fingerprint density at radius 2 is 2.00 bits per heavy atom. The number of nitrogens with one attached hydrogen (secondary N) is 1. The number of allylic oxidation sites excluding steroid dienone is 2. The van der Waals surface area contributed by atoms with Crippen molar-refractivity contribution in [2.75, 3.05) is 12.4 Å². The fraction of sp³-hybridized carbons (Fsp3) is 0.389. The lowest BCUT2D eigenvalue weighted by atomic mass is 9.73. The molecule has 6 heteroatoms. The predicted octanol–water partition coefficient (Wildman–Crippen LogP) is 2.94. The standard InChI is InChI=1S/C18H20N4O2/c1-18(2)8-13-15(14(23)9-18)16(22-17(21-13)19-10-20-22)11-4-6-12(24-3)7-5-11/h4-7,10,16H,8-9H2,1-3H3,(H,19,20,21). The van der Waals surface area contributed by atoms with Crippen molar-refractivity contribution in [2.45, 2.75) is 32.7 Å². The lowest BCUT2D eigenvalue weighted by Gasteiger charge is -2.38. The smallest absolute Gasteiger partial charge is 0.226 e. The molecule has 1 atom stereocenters. The quantitative estimate of drug-likeness (QED) is 0.920. The molecule has 1 aliphatic carbocycles. The number of nitrogens with zero attached hydrogens (tertiary/aromatic N) is 3. The molecule has 2 heterocycles. The maximum Gasteiger partial charge on any atom is 0.226 e. The van der Waals surface area contributed by atoms with Crippen LogP contribution in [0.1, 0.15) is 38.3 Å². The number of rotatable bonds is 2. The summed E-state index contributed by atoms with van der Waals surface area (Å²) in [5.74, 6) is 1.65. The Bertz CT molecular complexity index is 833. The molecule has 2 aliphatic rings. The minimum absolute atomic E-state index is 0.0461. The second-order valence-electron chi connectivity index (χ2n) is 7.16. The number of hydrogen-bond acceptors (Lipinski definition) is 5. The molecule has 0 amide bonds. The van der Waals surface area contributed by atoms with E-state index in [1.165, 1.54) is 6.33 Å². The van der Waals surface area contributed by atoms with Crippen molar-refractivity contribution < 1.29 is 9.53 Å². The van der Waals surface area contributed by atoms with E-state index in [0.717, 1.165) is 29.0 Å². The van der Waals surface area contributed by atoms with Gasteiger partial charge in [-0.1, -0.05) is 26.0 Å². The summed E-state index contributed by atoms with van der Waals surface area (Å²) in [4.78, 5) is 17.2. The Morgan fingerprint density at radius 1 is 1.25 bits per heavy atom. The van der Waals surface area contributed by atoms with Crippen molar-refractivity contribution in [2.24, 2.45) is 5.41 Å². The van der Waals surface area contributed by atoms with Crippen molar-refractivity contribution >= 4 is 11.7 Å². The van der Waals surface area contributed by atoms with Crippen LogP contribution in [0.5, 0.6) is 5.75 Å². The molecule has 124 valence electrons. The highest BCUT2D eigenvalue weighted by Crippen LogP contribution is 2.45. The van der Waals surface area contributed by atoms with Crippen LogP contribution in [-0.4, -0.2) is 27.7 Å². The second-order valence-corrected chi connectivity index (χ2v) is 7.16. The number of carbonyl (C=O) groups is 1. The Labute approximate surface area is 140 Å². The Balaban J connectivity index is 1.86. The monoisotopic (exact) mass is 324 g/mol. The Kier molecular flexibility index (Phi) is 3.23. The molecule has 1 aromatic heterocycles. The normalized spacial score (nSPS) is 21.8. The third-order valence-corrected chi connectivity index (χ3v) is 4.71. The molecule has 0 radical (unpaired) electrons. The molecule has 1 N–H and O–H groups in total. The summed E-state index contributed by atoms with van der Waals surface area (Å²) < 4.78 is 7.03. The molecule has 0 bridgehead atoms. The first-order valence-corrected chi connectivity index (χ1v) is 8.05. The largest absolute Gasteiger partial charge is 0.497 e. The van der Waals surface area contributed by atoms with E-state index >= 15 is 0 Å². The number of ketones is 1. The predicted molar refractivity (Wildman–Crippen MR) is 89.8 cm³/mol. The van der Waals surface area contributed by atoms with E-state index in [9.17, 15) is 4.79 Å². The van der Waals surface area contributed by atoms with E-state index in [2.05, 4.69) is 29.2 Å². The number of hydrogen-bond donors (Lipinski definition) is 1. The molecule has 1 aliphatic heterocycles. The molecule has 1 unspecified atom stereocenters. The first kappa shape index (κ1) is 14.9. The van der Waals surface area contributed by atoms with E-state index in [-0.39, 0.29) is 17.2 Å². The molecule has 0 saturated carbocycles. The zero-order valence-electron chi connectivity index (χ0n) is 14.0. The summed E-state index contributed by atoms with van der Waals surface area (Å²) in [7, 11) is 1.64. The fourth-order valence-corrected chi connectivity index (χ4v) is 3.64. The van der Waals surface area contributed by atoms with Gasteiger partial charge in [-0.2, -0.15) is 10.1 Å². The first-order valence-electron chi connectivity index (χ1n) is 8.05. The molecule has 1 aromatic carbocycles. The highest BCUT2D eigenvalue weighted by Gasteiger charge is 2.41. The molecular formula is C18H20N4O2. The summed E-state index contributed by atoms with van der Waals surface area (Å²) in [6.45, 7) is 4.25. The van der Waals surface area contributed by atoms with Gasteiger partial charge in [-0.3, -0.25) is 4.79 Å². The molecular weight excluding hydrogens is 304 g/mol. The number of carbonyl (C=O) groups excluding carboxylic acids is 1. The average molecular weight is 324 g/mol. The van der Waals surface area contributed by atoms with Gasteiger partial charge in [0, 0.05) is 17.7 Å². The van der Waals surface area contributed by atoms with Gasteiger partial charge in [-0.15, -0.1) is 0 Å². The lowest BCUT2D eigenvalue weighted by Crippen LogP contribution is -2.36. The van der Waals surface area contributed by atoms with E-state index in [4.69, 9.17) is 4.74 Å². The maximum atomic E-state index is 12.9. The Hall–Kier alpha value is -2.63. The van der Waals surface area contributed by atoms with Crippen LogP contribution in [0.15, 0.2) is 41.9 Å². The topological polar surface area (TPSA) is 69.0 Å². The summed E-state index contributed by atoms with van der Waals surface area (Å²) in [6, 6.07) is 7.54. The number of Topliss-reactive ketones (excluding diaryl/α,β-unsaturated/α-hetero) is 1. The van der Waals surface area contributed by atoms with Crippen LogP contribution in [0.3, 0.4) is 0 Å². The number of methoxy groups -OCH3 is 1. The van der Waals surface area contributed by atoms with Gasteiger partial charge in [0.1, 0.15) is 18.1 Å². The van der Waals surface area contributed by atoms with E-state index in [1.54, 1.807) is 11.8 Å². The van der Waals surface area contributed by atoms with Crippen molar-refractivity contribution in [1.29, 1.82) is 0 Å². The van der Waals surface area contributed by atoms with Crippen LogP contribution in [0.2, 0.25) is 0 Å². The SMILES string of the molecule is COc1ccc(C2C3=C(CC(C)(C)CC3=O)Nc3ncnn32)cc1. The van der Waals surface area contributed by atoms with Gasteiger partial charge in [-0.25, -0.2) is 4.68 Å². The number of fused-ring (bicyclic) bond motifs is 1. The maximum absolute atomic E-state index is 12.9. The van der Waals surface area contributed by atoms with Gasteiger partial charge in [0.05, 0.1) is 7.11 Å². The van der Waals surface area contributed by atoms with Crippen LogP contribution >= 0.6 is 0 Å².